The Morgan fingerprint density at radius 1 is 1.50 bits per heavy atom. The number of rotatable bonds is 3. The summed E-state index contributed by atoms with van der Waals surface area (Å²) in [5.74, 6) is -5.40. The Hall–Kier alpha value is -1.49. The molecule has 0 aliphatic rings. The van der Waals surface area contributed by atoms with Crippen LogP contribution in [0.2, 0.25) is 0 Å². The molecule has 0 amide bonds. The molecule has 1 aromatic rings. The Bertz CT molecular complexity index is 352. The Morgan fingerprint density at radius 3 is 2.57 bits per heavy atom. The molecule has 0 radical (unpaired) electrons. The van der Waals surface area contributed by atoms with E-state index in [9.17, 15) is 13.6 Å². The fourth-order valence-corrected chi connectivity index (χ4v) is 0.995. The number of nitrogens with two attached hydrogens (primary N) is 1. The van der Waals surface area contributed by atoms with E-state index >= 15 is 0 Å². The molecule has 0 aliphatic heterocycles. The standard InChI is InChI=1S/C9H9F2NO2/c10-7-4-2-1-3-6(7)5-9(11,12)8(13)14/h1-4H,5,12H2,(H,13,14)/t9-/m0/s1. The van der Waals surface area contributed by atoms with Crippen LogP contribution in [0.25, 0.3) is 0 Å². The Kier molecular flexibility index (Phi) is 2.81. The largest absolute Gasteiger partial charge is 0.478 e. The monoisotopic (exact) mass is 201 g/mol. The first kappa shape index (κ1) is 10.6. The molecule has 0 saturated heterocycles. The van der Waals surface area contributed by atoms with Gasteiger partial charge in [-0.3, -0.25) is 5.73 Å². The summed E-state index contributed by atoms with van der Waals surface area (Å²) in [6.07, 6.45) is -0.686. The van der Waals surface area contributed by atoms with Gasteiger partial charge in [-0.15, -0.1) is 0 Å². The summed E-state index contributed by atoms with van der Waals surface area (Å²) in [4.78, 5) is 10.3. The van der Waals surface area contributed by atoms with E-state index in [4.69, 9.17) is 10.8 Å². The maximum Gasteiger partial charge on any atom is 0.356 e. The second-order valence-electron chi connectivity index (χ2n) is 2.94. The van der Waals surface area contributed by atoms with Crippen LogP contribution in [0.5, 0.6) is 0 Å². The van der Waals surface area contributed by atoms with Crippen LogP contribution in [0.1, 0.15) is 5.56 Å². The van der Waals surface area contributed by atoms with Crippen LogP contribution in [-0.4, -0.2) is 16.9 Å². The van der Waals surface area contributed by atoms with Gasteiger partial charge in [0.1, 0.15) is 5.82 Å². The Morgan fingerprint density at radius 2 is 2.07 bits per heavy atom. The first-order valence-electron chi connectivity index (χ1n) is 3.88. The van der Waals surface area contributed by atoms with E-state index in [-0.39, 0.29) is 5.56 Å². The minimum absolute atomic E-state index is 0.0556. The van der Waals surface area contributed by atoms with Gasteiger partial charge in [0, 0.05) is 6.42 Å². The zero-order valence-electron chi connectivity index (χ0n) is 7.21. The molecule has 0 bridgehead atoms. The molecule has 0 fully saturated rings. The van der Waals surface area contributed by atoms with Crippen LogP contribution in [0.3, 0.4) is 0 Å². The van der Waals surface area contributed by atoms with E-state index in [0.29, 0.717) is 0 Å². The molecule has 0 aromatic heterocycles. The van der Waals surface area contributed by atoms with Crippen LogP contribution in [0.4, 0.5) is 8.78 Å². The van der Waals surface area contributed by atoms with Gasteiger partial charge in [0.25, 0.3) is 5.79 Å². The maximum atomic E-state index is 13.1. The second kappa shape index (κ2) is 3.71. The highest BCUT2D eigenvalue weighted by atomic mass is 19.1. The summed E-state index contributed by atoms with van der Waals surface area (Å²) in [6, 6.07) is 5.32. The number of carbonyl (C=O) groups is 1. The lowest BCUT2D eigenvalue weighted by Crippen LogP contribution is -2.45. The minimum atomic E-state index is -2.93. The van der Waals surface area contributed by atoms with Crippen molar-refractivity contribution in [3.05, 3.63) is 35.6 Å². The van der Waals surface area contributed by atoms with Crippen molar-refractivity contribution in [3.63, 3.8) is 0 Å². The van der Waals surface area contributed by atoms with E-state index in [1.165, 1.54) is 18.2 Å². The maximum absolute atomic E-state index is 13.1. The third-order valence-electron chi connectivity index (χ3n) is 1.76. The van der Waals surface area contributed by atoms with Crippen molar-refractivity contribution in [2.45, 2.75) is 12.2 Å². The summed E-state index contributed by atoms with van der Waals surface area (Å²) in [6.45, 7) is 0. The fraction of sp³-hybridized carbons (Fsp3) is 0.222. The van der Waals surface area contributed by atoms with Crippen molar-refractivity contribution in [1.82, 2.24) is 0 Å². The first-order chi connectivity index (χ1) is 6.43. The van der Waals surface area contributed by atoms with Crippen molar-refractivity contribution in [3.8, 4) is 0 Å². The molecule has 76 valence electrons. The summed E-state index contributed by atoms with van der Waals surface area (Å²) in [5, 5.41) is 8.37. The van der Waals surface area contributed by atoms with Gasteiger partial charge in [-0.1, -0.05) is 18.2 Å². The number of halogens is 2. The lowest BCUT2D eigenvalue weighted by atomic mass is 10.0. The quantitative estimate of drug-likeness (QED) is 0.719. The summed E-state index contributed by atoms with van der Waals surface area (Å²) < 4.78 is 26.1. The molecule has 0 heterocycles. The lowest BCUT2D eigenvalue weighted by Gasteiger charge is -2.14. The number of benzene rings is 1. The number of aliphatic carboxylic acids is 1. The van der Waals surface area contributed by atoms with Crippen LogP contribution in [-0.2, 0) is 11.2 Å². The zero-order chi connectivity index (χ0) is 10.8. The number of carboxylic acid groups (broad SMARTS) is 1. The van der Waals surface area contributed by atoms with E-state index < -0.39 is 24.0 Å². The van der Waals surface area contributed by atoms with Crippen molar-refractivity contribution in [1.29, 1.82) is 0 Å². The van der Waals surface area contributed by atoms with Gasteiger partial charge < -0.3 is 5.11 Å². The predicted molar refractivity (Wildman–Crippen MR) is 45.8 cm³/mol. The van der Waals surface area contributed by atoms with Gasteiger partial charge in [-0.25, -0.2) is 13.6 Å². The van der Waals surface area contributed by atoms with Crippen LogP contribution in [0.15, 0.2) is 24.3 Å². The SMILES string of the molecule is N[C@@](F)(Cc1ccccc1F)C(=O)O. The van der Waals surface area contributed by atoms with E-state index in [1.807, 2.05) is 0 Å². The molecular formula is C9H9F2NO2. The molecule has 3 N–H and O–H groups in total. The van der Waals surface area contributed by atoms with Crippen molar-refractivity contribution < 1.29 is 18.7 Å². The molecule has 0 aliphatic carbocycles. The first-order valence-corrected chi connectivity index (χ1v) is 3.88. The van der Waals surface area contributed by atoms with Gasteiger partial charge in [-0.05, 0) is 11.6 Å². The average molecular weight is 201 g/mol. The molecule has 5 heteroatoms. The highest BCUT2D eigenvalue weighted by molar-refractivity contribution is 5.76. The van der Waals surface area contributed by atoms with Gasteiger partial charge >= 0.3 is 5.97 Å². The number of hydrogen-bond donors (Lipinski definition) is 2. The zero-order valence-corrected chi connectivity index (χ0v) is 7.21. The van der Waals surface area contributed by atoms with Crippen LogP contribution < -0.4 is 5.73 Å². The van der Waals surface area contributed by atoms with Crippen molar-refractivity contribution in [2.24, 2.45) is 5.73 Å². The van der Waals surface area contributed by atoms with E-state index in [0.717, 1.165) is 6.07 Å². The molecule has 0 spiro atoms. The number of carboxylic acids is 1. The third kappa shape index (κ3) is 2.26. The molecule has 1 rings (SSSR count). The molecular weight excluding hydrogens is 192 g/mol. The minimum Gasteiger partial charge on any atom is -0.478 e. The molecule has 0 unspecified atom stereocenters. The average Bonchev–Trinajstić information content (AvgIpc) is 2.08. The highest BCUT2D eigenvalue weighted by Gasteiger charge is 2.34. The highest BCUT2D eigenvalue weighted by Crippen LogP contribution is 2.15. The summed E-state index contributed by atoms with van der Waals surface area (Å²) >= 11 is 0. The van der Waals surface area contributed by atoms with Gasteiger partial charge in [0.15, 0.2) is 0 Å². The predicted octanol–water partition coefficient (Wildman–Crippen LogP) is 1.08. The van der Waals surface area contributed by atoms with Crippen molar-refractivity contribution in [2.75, 3.05) is 0 Å². The van der Waals surface area contributed by atoms with Crippen LogP contribution >= 0.6 is 0 Å². The topological polar surface area (TPSA) is 63.3 Å². The number of hydrogen-bond acceptors (Lipinski definition) is 2. The van der Waals surface area contributed by atoms with Crippen LogP contribution in [0, 0.1) is 5.82 Å². The molecule has 1 aromatic carbocycles. The van der Waals surface area contributed by atoms with Crippen molar-refractivity contribution >= 4 is 5.97 Å². The Labute approximate surface area is 79.2 Å². The molecule has 1 atom stereocenters. The smallest absolute Gasteiger partial charge is 0.356 e. The Balaban J connectivity index is 2.89. The van der Waals surface area contributed by atoms with E-state index in [1.54, 1.807) is 0 Å². The molecule has 14 heavy (non-hydrogen) atoms. The number of alkyl halides is 1. The summed E-state index contributed by atoms with van der Waals surface area (Å²) in [5.41, 5.74) is 4.77. The normalized spacial score (nSPS) is 14.8. The second-order valence-corrected chi connectivity index (χ2v) is 2.94. The summed E-state index contributed by atoms with van der Waals surface area (Å²) in [7, 11) is 0. The fourth-order valence-electron chi connectivity index (χ4n) is 0.995. The van der Waals surface area contributed by atoms with Gasteiger partial charge in [0.2, 0.25) is 0 Å². The molecule has 0 saturated carbocycles. The lowest BCUT2D eigenvalue weighted by molar-refractivity contribution is -0.150. The van der Waals surface area contributed by atoms with Gasteiger partial charge in [0.05, 0.1) is 0 Å². The van der Waals surface area contributed by atoms with E-state index in [2.05, 4.69) is 0 Å². The van der Waals surface area contributed by atoms with Gasteiger partial charge in [-0.2, -0.15) is 0 Å². The molecule has 3 nitrogen and oxygen atoms in total. The third-order valence-corrected chi connectivity index (χ3v) is 1.76.